The van der Waals surface area contributed by atoms with Crippen LogP contribution in [0.25, 0.3) is 0 Å². The molecule has 0 amide bonds. The zero-order valence-electron chi connectivity index (χ0n) is 17.0. The van der Waals surface area contributed by atoms with Crippen LogP contribution in [0, 0.1) is 13.8 Å². The van der Waals surface area contributed by atoms with Crippen LogP contribution in [-0.4, -0.2) is 37.9 Å². The number of pyridine rings is 1. The highest BCUT2D eigenvalue weighted by atomic mass is 16.7. The monoisotopic (exact) mass is 384 g/mol. The molecule has 150 valence electrons. The Morgan fingerprint density at radius 2 is 2.04 bits per heavy atom. The van der Waals surface area contributed by atoms with E-state index in [2.05, 4.69) is 26.7 Å². The number of benzene rings is 1. The zero-order chi connectivity index (χ0) is 19.9. The molecule has 1 aliphatic rings. The van der Waals surface area contributed by atoms with Crippen molar-refractivity contribution in [2.75, 3.05) is 27.0 Å². The number of hydrogen-bond acceptors (Lipinski definition) is 5. The minimum Gasteiger partial charge on any atom is -0.496 e. The van der Waals surface area contributed by atoms with Gasteiger partial charge in [0.1, 0.15) is 5.75 Å². The van der Waals surface area contributed by atoms with E-state index in [0.717, 1.165) is 59.5 Å². The van der Waals surface area contributed by atoms with Crippen molar-refractivity contribution in [2.24, 2.45) is 4.99 Å². The average Bonchev–Trinajstić information content (AvgIpc) is 3.15. The molecule has 0 saturated heterocycles. The number of fused-ring (bicyclic) bond motifs is 1. The molecule has 2 heterocycles. The van der Waals surface area contributed by atoms with Gasteiger partial charge in [-0.05, 0) is 44.9 Å². The van der Waals surface area contributed by atoms with E-state index in [4.69, 9.17) is 14.2 Å². The van der Waals surface area contributed by atoms with Crippen LogP contribution in [-0.2, 0) is 13.0 Å². The van der Waals surface area contributed by atoms with Crippen LogP contribution in [0.4, 0.5) is 0 Å². The Morgan fingerprint density at radius 3 is 2.82 bits per heavy atom. The molecule has 0 atom stereocenters. The van der Waals surface area contributed by atoms with E-state index in [1.165, 1.54) is 5.56 Å². The zero-order valence-corrected chi connectivity index (χ0v) is 17.0. The normalized spacial score (nSPS) is 12.8. The molecule has 0 aliphatic carbocycles. The standard InChI is InChI=1S/C21H28N4O3/c1-5-22-21(25-12-17-15(3)20(26-4)14(2)11-24-17)23-9-8-16-6-7-18-19(10-16)28-13-27-18/h6-7,10-11H,5,8-9,12-13H2,1-4H3,(H2,22,23,25). The molecule has 1 aromatic heterocycles. The smallest absolute Gasteiger partial charge is 0.231 e. The first kappa shape index (κ1) is 19.8. The maximum absolute atomic E-state index is 5.48. The largest absolute Gasteiger partial charge is 0.496 e. The molecule has 2 N–H and O–H groups in total. The minimum absolute atomic E-state index is 0.297. The first-order valence-corrected chi connectivity index (χ1v) is 9.52. The Kier molecular flexibility index (Phi) is 6.57. The molecule has 0 radical (unpaired) electrons. The number of aromatic nitrogens is 1. The molecule has 0 fully saturated rings. The maximum Gasteiger partial charge on any atom is 0.231 e. The van der Waals surface area contributed by atoms with Gasteiger partial charge in [-0.2, -0.15) is 0 Å². The molecule has 28 heavy (non-hydrogen) atoms. The molecule has 3 rings (SSSR count). The highest BCUT2D eigenvalue weighted by molar-refractivity contribution is 5.79. The number of nitrogens with zero attached hydrogens (tertiary/aromatic N) is 2. The van der Waals surface area contributed by atoms with Gasteiger partial charge in [-0.25, -0.2) is 4.99 Å². The van der Waals surface area contributed by atoms with Crippen molar-refractivity contribution in [2.45, 2.75) is 33.7 Å². The number of nitrogens with one attached hydrogen (secondary N) is 2. The molecule has 1 aliphatic heterocycles. The fourth-order valence-corrected chi connectivity index (χ4v) is 3.15. The van der Waals surface area contributed by atoms with Gasteiger partial charge in [-0.1, -0.05) is 6.07 Å². The van der Waals surface area contributed by atoms with E-state index in [1.54, 1.807) is 7.11 Å². The lowest BCUT2D eigenvalue weighted by Crippen LogP contribution is -2.38. The van der Waals surface area contributed by atoms with E-state index in [0.29, 0.717) is 13.3 Å². The van der Waals surface area contributed by atoms with E-state index < -0.39 is 0 Å². The van der Waals surface area contributed by atoms with Crippen LogP contribution in [0.3, 0.4) is 0 Å². The van der Waals surface area contributed by atoms with E-state index in [1.807, 2.05) is 39.1 Å². The third kappa shape index (κ3) is 4.65. The summed E-state index contributed by atoms with van der Waals surface area (Å²) >= 11 is 0. The fraction of sp³-hybridized carbons (Fsp3) is 0.429. The lowest BCUT2D eigenvalue weighted by Gasteiger charge is -2.13. The maximum atomic E-state index is 5.48. The summed E-state index contributed by atoms with van der Waals surface area (Å²) in [6, 6.07) is 6.04. The predicted molar refractivity (Wildman–Crippen MR) is 109 cm³/mol. The number of methoxy groups -OCH3 is 1. The Balaban J connectivity index is 1.60. The molecular formula is C21H28N4O3. The van der Waals surface area contributed by atoms with E-state index >= 15 is 0 Å². The van der Waals surface area contributed by atoms with E-state index in [-0.39, 0.29) is 0 Å². The summed E-state index contributed by atoms with van der Waals surface area (Å²) in [7, 11) is 1.68. The number of hydrogen-bond donors (Lipinski definition) is 2. The van der Waals surface area contributed by atoms with Crippen LogP contribution < -0.4 is 24.8 Å². The number of aryl methyl sites for hydroxylation is 1. The molecule has 2 aromatic rings. The summed E-state index contributed by atoms with van der Waals surface area (Å²) in [5, 5.41) is 6.65. The highest BCUT2D eigenvalue weighted by Crippen LogP contribution is 2.32. The highest BCUT2D eigenvalue weighted by Gasteiger charge is 2.13. The number of aliphatic imine (C=N–C) groups is 1. The number of rotatable bonds is 7. The Labute approximate surface area is 166 Å². The summed E-state index contributed by atoms with van der Waals surface area (Å²) in [4.78, 5) is 9.18. The Morgan fingerprint density at radius 1 is 1.21 bits per heavy atom. The second-order valence-electron chi connectivity index (χ2n) is 6.61. The van der Waals surface area contributed by atoms with Gasteiger partial charge in [0.25, 0.3) is 0 Å². The van der Waals surface area contributed by atoms with Crippen molar-refractivity contribution < 1.29 is 14.2 Å². The van der Waals surface area contributed by atoms with Crippen molar-refractivity contribution >= 4 is 5.96 Å². The lowest BCUT2D eigenvalue weighted by molar-refractivity contribution is 0.174. The predicted octanol–water partition coefficient (Wildman–Crippen LogP) is 2.73. The second-order valence-corrected chi connectivity index (χ2v) is 6.61. The quantitative estimate of drug-likeness (QED) is 0.565. The van der Waals surface area contributed by atoms with E-state index in [9.17, 15) is 0 Å². The van der Waals surface area contributed by atoms with Gasteiger partial charge < -0.3 is 24.8 Å². The SMILES string of the molecule is CCNC(=NCc1ncc(C)c(OC)c1C)NCCc1ccc2c(c1)OCO2. The summed E-state index contributed by atoms with van der Waals surface area (Å²) < 4.78 is 16.3. The molecule has 7 heteroatoms. The summed E-state index contributed by atoms with van der Waals surface area (Å²) in [6.45, 7) is 8.40. The molecule has 1 aromatic carbocycles. The van der Waals surface area contributed by atoms with Gasteiger partial charge in [0.15, 0.2) is 17.5 Å². The minimum atomic E-state index is 0.297. The Hall–Kier alpha value is -2.96. The second kappa shape index (κ2) is 9.30. The van der Waals surface area contributed by atoms with Gasteiger partial charge in [-0.15, -0.1) is 0 Å². The van der Waals surface area contributed by atoms with Gasteiger partial charge in [0, 0.05) is 30.4 Å². The van der Waals surface area contributed by atoms with Crippen LogP contribution in [0.1, 0.15) is 29.3 Å². The van der Waals surface area contributed by atoms with Gasteiger partial charge in [0.2, 0.25) is 6.79 Å². The third-order valence-electron chi connectivity index (χ3n) is 4.62. The van der Waals surface area contributed by atoms with Gasteiger partial charge in [-0.3, -0.25) is 4.98 Å². The number of ether oxygens (including phenoxy) is 3. The first-order chi connectivity index (χ1) is 13.6. The van der Waals surface area contributed by atoms with Crippen molar-refractivity contribution in [1.82, 2.24) is 15.6 Å². The molecular weight excluding hydrogens is 356 g/mol. The van der Waals surface area contributed by atoms with Crippen LogP contribution in [0.5, 0.6) is 17.2 Å². The Bertz CT molecular complexity index is 852. The van der Waals surface area contributed by atoms with Crippen LogP contribution >= 0.6 is 0 Å². The fourth-order valence-electron chi connectivity index (χ4n) is 3.15. The molecule has 0 spiro atoms. The van der Waals surface area contributed by atoms with Crippen molar-refractivity contribution in [1.29, 1.82) is 0 Å². The third-order valence-corrected chi connectivity index (χ3v) is 4.62. The number of guanidine groups is 1. The summed E-state index contributed by atoms with van der Waals surface area (Å²) in [5.74, 6) is 3.26. The topological polar surface area (TPSA) is 77.0 Å². The molecule has 7 nitrogen and oxygen atoms in total. The summed E-state index contributed by atoms with van der Waals surface area (Å²) in [6.07, 6.45) is 2.69. The van der Waals surface area contributed by atoms with Crippen molar-refractivity contribution in [3.63, 3.8) is 0 Å². The molecule has 0 saturated carbocycles. The van der Waals surface area contributed by atoms with Crippen molar-refractivity contribution in [3.05, 3.63) is 46.8 Å². The summed E-state index contributed by atoms with van der Waals surface area (Å²) in [5.41, 5.74) is 4.16. The van der Waals surface area contributed by atoms with Gasteiger partial charge in [0.05, 0.1) is 19.3 Å². The first-order valence-electron chi connectivity index (χ1n) is 9.52. The van der Waals surface area contributed by atoms with Crippen LogP contribution in [0.15, 0.2) is 29.4 Å². The molecule has 0 bridgehead atoms. The van der Waals surface area contributed by atoms with Crippen LogP contribution in [0.2, 0.25) is 0 Å². The molecule has 0 unspecified atom stereocenters. The average molecular weight is 384 g/mol. The van der Waals surface area contributed by atoms with Gasteiger partial charge >= 0.3 is 0 Å². The van der Waals surface area contributed by atoms with Crippen molar-refractivity contribution in [3.8, 4) is 17.2 Å². The lowest BCUT2D eigenvalue weighted by atomic mass is 10.1.